The zero-order chi connectivity index (χ0) is 18.6. The van der Waals surface area contributed by atoms with Gasteiger partial charge >= 0.3 is 5.97 Å². The molecule has 1 aromatic carbocycles. The monoisotopic (exact) mass is 345 g/mol. The third kappa shape index (κ3) is 3.99. The Bertz CT molecular complexity index is 796. The molecular weight excluding hydrogens is 322 g/mol. The molecule has 0 spiro atoms. The zero-order valence-electron chi connectivity index (χ0n) is 14.9. The van der Waals surface area contributed by atoms with Crippen LogP contribution in [0.15, 0.2) is 18.2 Å². The van der Waals surface area contributed by atoms with Crippen molar-refractivity contribution in [1.29, 1.82) is 0 Å². The molecule has 0 bridgehead atoms. The van der Waals surface area contributed by atoms with Gasteiger partial charge < -0.3 is 15.2 Å². The van der Waals surface area contributed by atoms with E-state index in [0.717, 1.165) is 11.3 Å². The molecule has 0 aliphatic carbocycles. The minimum absolute atomic E-state index is 0.157. The Morgan fingerprint density at radius 1 is 1.32 bits per heavy atom. The van der Waals surface area contributed by atoms with Crippen molar-refractivity contribution >= 4 is 11.9 Å². The molecule has 134 valence electrons. The molecule has 1 amide bonds. The maximum atomic E-state index is 12.4. The van der Waals surface area contributed by atoms with Crippen LogP contribution in [0, 0.1) is 13.8 Å². The fourth-order valence-corrected chi connectivity index (χ4v) is 2.82. The van der Waals surface area contributed by atoms with Crippen LogP contribution in [0.25, 0.3) is 0 Å². The van der Waals surface area contributed by atoms with Gasteiger partial charge in [0, 0.05) is 18.8 Å². The molecule has 25 heavy (non-hydrogen) atoms. The van der Waals surface area contributed by atoms with Gasteiger partial charge in [0.25, 0.3) is 5.91 Å². The standard InChI is InChI=1S/C18H23N3O4/c1-5-21-12(3)16(11(2)20-21)17(22)19-9-8-13-6-7-14(18(23)24)10-15(13)25-4/h6-7,10H,5,8-9H2,1-4H3,(H,19,22)(H,23,24). The van der Waals surface area contributed by atoms with E-state index in [0.29, 0.717) is 36.5 Å². The molecule has 0 saturated heterocycles. The van der Waals surface area contributed by atoms with E-state index < -0.39 is 5.97 Å². The second-order valence-electron chi connectivity index (χ2n) is 5.70. The van der Waals surface area contributed by atoms with E-state index in [4.69, 9.17) is 9.84 Å². The number of carbonyl (C=O) groups excluding carboxylic acids is 1. The zero-order valence-corrected chi connectivity index (χ0v) is 14.9. The SMILES string of the molecule is CCn1nc(C)c(C(=O)NCCc2ccc(C(=O)O)cc2OC)c1C. The van der Waals surface area contributed by atoms with E-state index >= 15 is 0 Å². The van der Waals surface area contributed by atoms with E-state index in [1.807, 2.05) is 20.8 Å². The lowest BCUT2D eigenvalue weighted by molar-refractivity contribution is 0.0696. The van der Waals surface area contributed by atoms with E-state index in [1.165, 1.54) is 19.2 Å². The van der Waals surface area contributed by atoms with Crippen LogP contribution < -0.4 is 10.1 Å². The van der Waals surface area contributed by atoms with E-state index in [1.54, 1.807) is 10.7 Å². The molecule has 0 unspecified atom stereocenters. The molecule has 1 heterocycles. The largest absolute Gasteiger partial charge is 0.496 e. The number of benzene rings is 1. The number of nitrogens with zero attached hydrogens (tertiary/aromatic N) is 2. The Morgan fingerprint density at radius 3 is 2.60 bits per heavy atom. The first-order valence-corrected chi connectivity index (χ1v) is 8.11. The van der Waals surface area contributed by atoms with Gasteiger partial charge in [-0.15, -0.1) is 0 Å². The van der Waals surface area contributed by atoms with Gasteiger partial charge in [0.2, 0.25) is 0 Å². The summed E-state index contributed by atoms with van der Waals surface area (Å²) < 4.78 is 7.05. The number of carboxylic acid groups (broad SMARTS) is 1. The van der Waals surface area contributed by atoms with Crippen LogP contribution in [0.1, 0.15) is 44.6 Å². The predicted octanol–water partition coefficient (Wildman–Crippen LogP) is 2.20. The number of rotatable bonds is 7. The highest BCUT2D eigenvalue weighted by Crippen LogP contribution is 2.21. The summed E-state index contributed by atoms with van der Waals surface area (Å²) in [5, 5.41) is 16.3. The summed E-state index contributed by atoms with van der Waals surface area (Å²) >= 11 is 0. The Morgan fingerprint density at radius 2 is 2.04 bits per heavy atom. The quantitative estimate of drug-likeness (QED) is 0.802. The van der Waals surface area contributed by atoms with E-state index in [9.17, 15) is 9.59 Å². The topological polar surface area (TPSA) is 93.5 Å². The van der Waals surface area contributed by atoms with Gasteiger partial charge in [-0.05, 0) is 44.9 Å². The Balaban J connectivity index is 2.05. The molecule has 0 aliphatic heterocycles. The molecule has 7 nitrogen and oxygen atoms in total. The summed E-state index contributed by atoms with van der Waals surface area (Å²) in [6.45, 7) is 6.81. The number of nitrogens with one attached hydrogen (secondary N) is 1. The van der Waals surface area contributed by atoms with Gasteiger partial charge in [-0.1, -0.05) is 6.07 Å². The number of amides is 1. The third-order valence-electron chi connectivity index (χ3n) is 4.12. The predicted molar refractivity (Wildman–Crippen MR) is 93.4 cm³/mol. The number of aromatic carboxylic acids is 1. The number of hydrogen-bond acceptors (Lipinski definition) is 4. The fraction of sp³-hybridized carbons (Fsp3) is 0.389. The van der Waals surface area contributed by atoms with Crippen LogP contribution >= 0.6 is 0 Å². The minimum Gasteiger partial charge on any atom is -0.496 e. The molecule has 0 radical (unpaired) electrons. The number of methoxy groups -OCH3 is 1. The van der Waals surface area contributed by atoms with Crippen LogP contribution in [0.3, 0.4) is 0 Å². The number of aryl methyl sites for hydroxylation is 2. The number of ether oxygens (including phenoxy) is 1. The van der Waals surface area contributed by atoms with Crippen molar-refractivity contribution in [2.45, 2.75) is 33.7 Å². The smallest absolute Gasteiger partial charge is 0.335 e. The highest BCUT2D eigenvalue weighted by atomic mass is 16.5. The molecule has 0 atom stereocenters. The lowest BCUT2D eigenvalue weighted by Crippen LogP contribution is -2.27. The molecule has 2 aromatic rings. The van der Waals surface area contributed by atoms with Crippen molar-refractivity contribution in [2.24, 2.45) is 0 Å². The van der Waals surface area contributed by atoms with E-state index in [-0.39, 0.29) is 11.5 Å². The maximum absolute atomic E-state index is 12.4. The van der Waals surface area contributed by atoms with Gasteiger partial charge in [-0.3, -0.25) is 9.48 Å². The van der Waals surface area contributed by atoms with Crippen molar-refractivity contribution in [1.82, 2.24) is 15.1 Å². The first-order chi connectivity index (χ1) is 11.9. The normalized spacial score (nSPS) is 10.6. The highest BCUT2D eigenvalue weighted by molar-refractivity contribution is 5.96. The summed E-state index contributed by atoms with van der Waals surface area (Å²) in [6, 6.07) is 4.72. The van der Waals surface area contributed by atoms with E-state index in [2.05, 4.69) is 10.4 Å². The summed E-state index contributed by atoms with van der Waals surface area (Å²) in [7, 11) is 1.49. The van der Waals surface area contributed by atoms with Crippen LogP contribution in [0.2, 0.25) is 0 Å². The molecule has 0 fully saturated rings. The average Bonchev–Trinajstić information content (AvgIpc) is 2.88. The van der Waals surface area contributed by atoms with Crippen molar-refractivity contribution < 1.29 is 19.4 Å². The molecule has 1 aromatic heterocycles. The van der Waals surface area contributed by atoms with Crippen LogP contribution in [0.5, 0.6) is 5.75 Å². The van der Waals surface area contributed by atoms with Crippen LogP contribution in [-0.2, 0) is 13.0 Å². The number of aromatic nitrogens is 2. The Labute approximate surface area is 146 Å². The molecule has 0 aliphatic rings. The Kier molecular flexibility index (Phi) is 5.80. The van der Waals surface area contributed by atoms with Crippen molar-refractivity contribution in [3.8, 4) is 5.75 Å². The van der Waals surface area contributed by atoms with Gasteiger partial charge in [0.1, 0.15) is 5.75 Å². The lowest BCUT2D eigenvalue weighted by atomic mass is 10.1. The van der Waals surface area contributed by atoms with Gasteiger partial charge in [-0.2, -0.15) is 5.10 Å². The number of hydrogen-bond donors (Lipinski definition) is 2. The fourth-order valence-electron chi connectivity index (χ4n) is 2.82. The molecule has 2 rings (SSSR count). The second kappa shape index (κ2) is 7.83. The number of carbonyl (C=O) groups is 2. The maximum Gasteiger partial charge on any atom is 0.335 e. The average molecular weight is 345 g/mol. The van der Waals surface area contributed by atoms with Crippen molar-refractivity contribution in [3.05, 3.63) is 46.3 Å². The van der Waals surface area contributed by atoms with Gasteiger partial charge in [0.15, 0.2) is 0 Å². The van der Waals surface area contributed by atoms with Crippen LogP contribution in [-0.4, -0.2) is 40.4 Å². The highest BCUT2D eigenvalue weighted by Gasteiger charge is 2.18. The summed E-state index contributed by atoms with van der Waals surface area (Å²) in [4.78, 5) is 23.4. The molecule has 7 heteroatoms. The lowest BCUT2D eigenvalue weighted by Gasteiger charge is -2.10. The minimum atomic E-state index is -1.00. The van der Waals surface area contributed by atoms with Gasteiger partial charge in [-0.25, -0.2) is 4.79 Å². The van der Waals surface area contributed by atoms with Crippen molar-refractivity contribution in [3.63, 3.8) is 0 Å². The number of carboxylic acids is 1. The third-order valence-corrected chi connectivity index (χ3v) is 4.12. The first-order valence-electron chi connectivity index (χ1n) is 8.11. The molecule has 2 N–H and O–H groups in total. The first kappa shape index (κ1) is 18.5. The molecule has 0 saturated carbocycles. The van der Waals surface area contributed by atoms with Crippen LogP contribution in [0.4, 0.5) is 0 Å². The summed E-state index contributed by atoms with van der Waals surface area (Å²) in [5.74, 6) is -0.659. The molecular formula is C18H23N3O4. The second-order valence-corrected chi connectivity index (χ2v) is 5.70. The summed E-state index contributed by atoms with van der Waals surface area (Å²) in [5.41, 5.74) is 3.17. The Hall–Kier alpha value is -2.83. The van der Waals surface area contributed by atoms with Gasteiger partial charge in [0.05, 0.1) is 23.9 Å². The summed E-state index contributed by atoms with van der Waals surface area (Å²) in [6.07, 6.45) is 0.537. The van der Waals surface area contributed by atoms with Crippen molar-refractivity contribution in [2.75, 3.05) is 13.7 Å².